The van der Waals surface area contributed by atoms with Crippen molar-refractivity contribution in [1.29, 1.82) is 0 Å². The average Bonchev–Trinajstić information content (AvgIpc) is 2.99. The number of alkyl halides is 3. The molecule has 118 valence electrons. The summed E-state index contributed by atoms with van der Waals surface area (Å²) in [4.78, 5) is 15.7. The number of nitrogens with one attached hydrogen (secondary N) is 1. The number of carbonyl (C=O) groups excluding carboxylic acids is 1. The van der Waals surface area contributed by atoms with Crippen LogP contribution in [-0.2, 0) is 4.79 Å². The molecule has 0 unspecified atom stereocenters. The van der Waals surface area contributed by atoms with Crippen LogP contribution in [0.5, 0.6) is 5.88 Å². The number of anilines is 1. The molecule has 1 amide bonds. The quantitative estimate of drug-likeness (QED) is 0.920. The standard InChI is InChI=1S/C13H13F3N4O2/c1-9(20-6-2-5-18-20)12(21)19-10-3-4-11(17-7-10)22-8-13(14,15)16/h2-7,9H,8H2,1H3,(H,19,21)/t9-/m0/s1. The van der Waals surface area contributed by atoms with Crippen LogP contribution in [0, 0.1) is 0 Å². The average molecular weight is 314 g/mol. The molecule has 0 spiro atoms. The van der Waals surface area contributed by atoms with Gasteiger partial charge in [-0.15, -0.1) is 0 Å². The summed E-state index contributed by atoms with van der Waals surface area (Å²) < 4.78 is 41.9. The predicted molar refractivity (Wildman–Crippen MR) is 71.4 cm³/mol. The zero-order valence-corrected chi connectivity index (χ0v) is 11.5. The zero-order valence-electron chi connectivity index (χ0n) is 11.5. The van der Waals surface area contributed by atoms with Gasteiger partial charge in [-0.3, -0.25) is 9.48 Å². The molecule has 0 radical (unpaired) electrons. The Kier molecular flexibility index (Phi) is 4.64. The van der Waals surface area contributed by atoms with Gasteiger partial charge in [0.25, 0.3) is 0 Å². The van der Waals surface area contributed by atoms with E-state index >= 15 is 0 Å². The van der Waals surface area contributed by atoms with Crippen LogP contribution < -0.4 is 10.1 Å². The van der Waals surface area contributed by atoms with Gasteiger partial charge >= 0.3 is 6.18 Å². The van der Waals surface area contributed by atoms with Crippen LogP contribution in [-0.4, -0.2) is 33.5 Å². The third-order valence-electron chi connectivity index (χ3n) is 2.69. The Balaban J connectivity index is 1.92. The van der Waals surface area contributed by atoms with Crippen LogP contribution in [0.1, 0.15) is 13.0 Å². The summed E-state index contributed by atoms with van der Waals surface area (Å²) in [5.74, 6) is -0.495. The van der Waals surface area contributed by atoms with Crippen molar-refractivity contribution in [3.8, 4) is 5.88 Å². The molecule has 0 saturated heterocycles. The van der Waals surface area contributed by atoms with Crippen molar-refractivity contribution in [2.45, 2.75) is 19.1 Å². The van der Waals surface area contributed by atoms with E-state index in [9.17, 15) is 18.0 Å². The van der Waals surface area contributed by atoms with Gasteiger partial charge in [-0.1, -0.05) is 0 Å². The lowest BCUT2D eigenvalue weighted by molar-refractivity contribution is -0.154. The molecule has 0 aliphatic carbocycles. The minimum Gasteiger partial charge on any atom is -0.468 e. The fourth-order valence-electron chi connectivity index (χ4n) is 1.57. The Morgan fingerprint density at radius 3 is 2.77 bits per heavy atom. The summed E-state index contributed by atoms with van der Waals surface area (Å²) in [6.07, 6.45) is 0.00186. The van der Waals surface area contributed by atoms with E-state index in [0.717, 1.165) is 0 Å². The predicted octanol–water partition coefficient (Wildman–Crippen LogP) is 2.42. The highest BCUT2D eigenvalue weighted by molar-refractivity contribution is 5.93. The lowest BCUT2D eigenvalue weighted by atomic mass is 10.3. The smallest absolute Gasteiger partial charge is 0.422 e. The molecule has 2 aromatic rings. The van der Waals surface area contributed by atoms with Crippen LogP contribution in [0.15, 0.2) is 36.8 Å². The lowest BCUT2D eigenvalue weighted by Gasteiger charge is -2.13. The lowest BCUT2D eigenvalue weighted by Crippen LogP contribution is -2.24. The first kappa shape index (κ1) is 15.8. The summed E-state index contributed by atoms with van der Waals surface area (Å²) in [6.45, 7) is 0.249. The Morgan fingerprint density at radius 1 is 1.45 bits per heavy atom. The number of nitrogens with zero attached hydrogens (tertiary/aromatic N) is 3. The van der Waals surface area contributed by atoms with Crippen LogP contribution in [0.3, 0.4) is 0 Å². The largest absolute Gasteiger partial charge is 0.468 e. The van der Waals surface area contributed by atoms with E-state index in [1.807, 2.05) is 0 Å². The number of hydrogen-bond acceptors (Lipinski definition) is 4. The fourth-order valence-corrected chi connectivity index (χ4v) is 1.57. The van der Waals surface area contributed by atoms with E-state index in [-0.39, 0.29) is 11.8 Å². The molecule has 6 nitrogen and oxygen atoms in total. The molecule has 9 heteroatoms. The normalized spacial score (nSPS) is 12.7. The Bertz CT molecular complexity index is 611. The molecule has 1 atom stereocenters. The van der Waals surface area contributed by atoms with Gasteiger partial charge in [0, 0.05) is 18.5 Å². The second-order valence-corrected chi connectivity index (χ2v) is 4.44. The molecule has 2 aromatic heterocycles. The fraction of sp³-hybridized carbons (Fsp3) is 0.308. The maximum atomic E-state index is 12.0. The SMILES string of the molecule is C[C@@H](C(=O)Nc1ccc(OCC(F)(F)F)nc1)n1cccn1. The summed E-state index contributed by atoms with van der Waals surface area (Å²) in [7, 11) is 0. The molecule has 0 aliphatic heterocycles. The zero-order chi connectivity index (χ0) is 16.2. The second-order valence-electron chi connectivity index (χ2n) is 4.44. The first-order chi connectivity index (χ1) is 10.3. The number of ether oxygens (including phenoxy) is 1. The van der Waals surface area contributed by atoms with Gasteiger partial charge in [-0.25, -0.2) is 4.98 Å². The van der Waals surface area contributed by atoms with Gasteiger partial charge in [0.1, 0.15) is 6.04 Å². The molecular weight excluding hydrogens is 301 g/mol. The van der Waals surface area contributed by atoms with E-state index in [2.05, 4.69) is 20.1 Å². The van der Waals surface area contributed by atoms with E-state index in [4.69, 9.17) is 0 Å². The van der Waals surface area contributed by atoms with Crippen LogP contribution in [0.4, 0.5) is 18.9 Å². The minimum absolute atomic E-state index is 0.171. The van der Waals surface area contributed by atoms with E-state index in [1.165, 1.54) is 23.0 Å². The molecule has 0 aromatic carbocycles. The molecule has 2 heterocycles. The Labute approximate surface area is 123 Å². The van der Waals surface area contributed by atoms with Gasteiger partial charge in [0.2, 0.25) is 11.8 Å². The van der Waals surface area contributed by atoms with Crippen molar-refractivity contribution in [3.05, 3.63) is 36.8 Å². The molecule has 1 N–H and O–H groups in total. The van der Waals surface area contributed by atoms with Gasteiger partial charge < -0.3 is 10.1 Å². The van der Waals surface area contributed by atoms with E-state index in [1.54, 1.807) is 25.4 Å². The number of halogens is 3. The maximum Gasteiger partial charge on any atom is 0.422 e. The van der Waals surface area contributed by atoms with E-state index in [0.29, 0.717) is 5.69 Å². The highest BCUT2D eigenvalue weighted by atomic mass is 19.4. The third kappa shape index (κ3) is 4.47. The monoisotopic (exact) mass is 314 g/mol. The van der Waals surface area contributed by atoms with Gasteiger partial charge in [-0.2, -0.15) is 18.3 Å². The van der Waals surface area contributed by atoms with Crippen LogP contribution in [0.2, 0.25) is 0 Å². The van der Waals surface area contributed by atoms with Crippen molar-refractivity contribution < 1.29 is 22.7 Å². The number of carbonyl (C=O) groups is 1. The highest BCUT2D eigenvalue weighted by Crippen LogP contribution is 2.18. The Hall–Kier alpha value is -2.58. The second kappa shape index (κ2) is 6.46. The first-order valence-electron chi connectivity index (χ1n) is 6.31. The summed E-state index contributed by atoms with van der Waals surface area (Å²) >= 11 is 0. The Morgan fingerprint density at radius 2 is 2.23 bits per heavy atom. The molecule has 0 fully saturated rings. The van der Waals surface area contributed by atoms with Crippen LogP contribution >= 0.6 is 0 Å². The van der Waals surface area contributed by atoms with Crippen molar-refractivity contribution in [2.24, 2.45) is 0 Å². The molecule has 0 bridgehead atoms. The molecule has 0 saturated carbocycles. The maximum absolute atomic E-state index is 12.0. The van der Waals surface area contributed by atoms with Gasteiger partial charge in [0.15, 0.2) is 6.61 Å². The number of aromatic nitrogens is 3. The van der Waals surface area contributed by atoms with Crippen molar-refractivity contribution in [1.82, 2.24) is 14.8 Å². The summed E-state index contributed by atoms with van der Waals surface area (Å²) in [6, 6.07) is 3.82. The van der Waals surface area contributed by atoms with Crippen LogP contribution in [0.25, 0.3) is 0 Å². The number of pyridine rings is 1. The number of rotatable bonds is 5. The molecule has 2 rings (SSSR count). The van der Waals surface area contributed by atoms with E-state index < -0.39 is 18.8 Å². The van der Waals surface area contributed by atoms with Gasteiger partial charge in [0.05, 0.1) is 11.9 Å². The molecule has 22 heavy (non-hydrogen) atoms. The highest BCUT2D eigenvalue weighted by Gasteiger charge is 2.28. The first-order valence-corrected chi connectivity index (χ1v) is 6.31. The summed E-state index contributed by atoms with van der Waals surface area (Å²) in [5, 5.41) is 6.54. The van der Waals surface area contributed by atoms with Crippen molar-refractivity contribution in [3.63, 3.8) is 0 Å². The number of amides is 1. The molecular formula is C13H13F3N4O2. The molecule has 0 aliphatic rings. The third-order valence-corrected chi connectivity index (χ3v) is 2.69. The summed E-state index contributed by atoms with van der Waals surface area (Å²) in [5.41, 5.74) is 0.350. The minimum atomic E-state index is -4.42. The van der Waals surface area contributed by atoms with Crippen molar-refractivity contribution in [2.75, 3.05) is 11.9 Å². The number of hydrogen-bond donors (Lipinski definition) is 1. The van der Waals surface area contributed by atoms with Crippen molar-refractivity contribution >= 4 is 11.6 Å². The topological polar surface area (TPSA) is 69.0 Å². The van der Waals surface area contributed by atoms with Gasteiger partial charge in [-0.05, 0) is 19.1 Å².